The Hall–Kier alpha value is -0.840. The Morgan fingerprint density at radius 1 is 1.24 bits per heavy atom. The van der Waals surface area contributed by atoms with E-state index in [2.05, 4.69) is 5.32 Å². The van der Waals surface area contributed by atoms with Crippen LogP contribution in [0.4, 0.5) is 10.1 Å². The normalized spacial score (nSPS) is 10.5. The van der Waals surface area contributed by atoms with E-state index in [4.69, 9.17) is 21.1 Å². The molecule has 0 saturated carbocycles. The summed E-state index contributed by atoms with van der Waals surface area (Å²) in [5.41, 5.74) is 0.687. The monoisotopic (exact) mass is 261 g/mol. The summed E-state index contributed by atoms with van der Waals surface area (Å²) in [7, 11) is 1.64. The number of ether oxygens (including phenoxy) is 2. The zero-order chi connectivity index (χ0) is 12.5. The summed E-state index contributed by atoms with van der Waals surface area (Å²) >= 11 is 5.73. The van der Waals surface area contributed by atoms with Crippen molar-refractivity contribution in [1.29, 1.82) is 0 Å². The summed E-state index contributed by atoms with van der Waals surface area (Å²) in [6, 6.07) is 4.38. The predicted molar refractivity (Wildman–Crippen MR) is 67.2 cm³/mol. The van der Waals surface area contributed by atoms with E-state index in [1.165, 1.54) is 12.1 Å². The number of methoxy groups -OCH3 is 1. The molecular weight excluding hydrogens is 245 g/mol. The molecule has 1 aromatic carbocycles. The fourth-order valence-electron chi connectivity index (χ4n) is 1.31. The Kier molecular flexibility index (Phi) is 6.93. The summed E-state index contributed by atoms with van der Waals surface area (Å²) in [5, 5.41) is 3.47. The zero-order valence-corrected chi connectivity index (χ0v) is 10.6. The highest BCUT2D eigenvalue weighted by Gasteiger charge is 1.98. The Balaban J connectivity index is 2.13. The maximum absolute atomic E-state index is 13.0. The first-order valence-electron chi connectivity index (χ1n) is 5.49. The number of anilines is 1. The van der Waals surface area contributed by atoms with Crippen molar-refractivity contribution in [1.82, 2.24) is 0 Å². The number of hydrogen-bond acceptors (Lipinski definition) is 3. The van der Waals surface area contributed by atoms with E-state index in [1.807, 2.05) is 0 Å². The lowest BCUT2D eigenvalue weighted by Gasteiger charge is -2.07. The van der Waals surface area contributed by atoms with Crippen LogP contribution in [0.2, 0.25) is 5.02 Å². The third kappa shape index (κ3) is 6.46. The van der Waals surface area contributed by atoms with Gasteiger partial charge in [-0.1, -0.05) is 11.6 Å². The molecule has 0 aliphatic carbocycles. The number of rotatable bonds is 8. The maximum Gasteiger partial charge on any atom is 0.126 e. The lowest BCUT2D eigenvalue weighted by Crippen LogP contribution is -2.08. The smallest absolute Gasteiger partial charge is 0.126 e. The summed E-state index contributed by atoms with van der Waals surface area (Å²) in [6.07, 6.45) is 0.845. The van der Waals surface area contributed by atoms with Gasteiger partial charge in [-0.05, 0) is 24.6 Å². The summed E-state index contributed by atoms with van der Waals surface area (Å²) in [5.74, 6) is -0.337. The second kappa shape index (κ2) is 8.28. The Labute approximate surface area is 106 Å². The molecule has 3 nitrogen and oxygen atoms in total. The van der Waals surface area contributed by atoms with Crippen molar-refractivity contribution in [2.24, 2.45) is 0 Å². The molecule has 0 heterocycles. The van der Waals surface area contributed by atoms with E-state index in [-0.39, 0.29) is 5.82 Å². The maximum atomic E-state index is 13.0. The molecule has 1 aromatic rings. The molecule has 0 radical (unpaired) electrons. The van der Waals surface area contributed by atoms with Crippen molar-refractivity contribution < 1.29 is 13.9 Å². The summed E-state index contributed by atoms with van der Waals surface area (Å²) in [4.78, 5) is 0. The number of benzene rings is 1. The van der Waals surface area contributed by atoms with Crippen molar-refractivity contribution in [3.63, 3.8) is 0 Å². The molecule has 0 unspecified atom stereocenters. The molecule has 96 valence electrons. The van der Waals surface area contributed by atoms with E-state index in [0.29, 0.717) is 37.1 Å². The highest BCUT2D eigenvalue weighted by Crippen LogP contribution is 2.17. The lowest BCUT2D eigenvalue weighted by molar-refractivity contribution is 0.0705. The molecule has 0 aliphatic rings. The second-order valence-corrected chi connectivity index (χ2v) is 3.98. The van der Waals surface area contributed by atoms with Gasteiger partial charge in [-0.25, -0.2) is 4.39 Å². The molecule has 1 N–H and O–H groups in total. The second-order valence-electron chi connectivity index (χ2n) is 3.54. The van der Waals surface area contributed by atoms with Crippen molar-refractivity contribution in [2.45, 2.75) is 6.42 Å². The molecule has 0 bridgehead atoms. The predicted octanol–water partition coefficient (Wildman–Crippen LogP) is 2.94. The SMILES string of the molecule is COCCOCCCNc1cc(F)cc(Cl)c1. The van der Waals surface area contributed by atoms with Gasteiger partial charge in [0.2, 0.25) is 0 Å². The minimum absolute atomic E-state index is 0.337. The largest absolute Gasteiger partial charge is 0.385 e. The minimum atomic E-state index is -0.337. The van der Waals surface area contributed by atoms with Gasteiger partial charge in [0.25, 0.3) is 0 Å². The van der Waals surface area contributed by atoms with E-state index in [1.54, 1.807) is 13.2 Å². The van der Waals surface area contributed by atoms with Crippen LogP contribution in [0.5, 0.6) is 0 Å². The van der Waals surface area contributed by atoms with Crippen LogP contribution in [-0.2, 0) is 9.47 Å². The quantitative estimate of drug-likeness (QED) is 0.730. The highest BCUT2D eigenvalue weighted by atomic mass is 35.5. The van der Waals surface area contributed by atoms with Gasteiger partial charge in [0.05, 0.1) is 13.2 Å². The molecular formula is C12H17ClFNO2. The average Bonchev–Trinajstić information content (AvgIpc) is 2.26. The number of nitrogens with one attached hydrogen (secondary N) is 1. The molecule has 0 spiro atoms. The van der Waals surface area contributed by atoms with Gasteiger partial charge < -0.3 is 14.8 Å². The van der Waals surface area contributed by atoms with Gasteiger partial charge in [0.1, 0.15) is 5.82 Å². The molecule has 0 fully saturated rings. The van der Waals surface area contributed by atoms with E-state index < -0.39 is 0 Å². The molecule has 1 rings (SSSR count). The standard InChI is InChI=1S/C12H17ClFNO2/c1-16-5-6-17-4-2-3-15-12-8-10(13)7-11(14)9-12/h7-9,15H,2-6H2,1H3. The molecule has 0 aliphatic heterocycles. The van der Waals surface area contributed by atoms with Crippen molar-refractivity contribution in [3.8, 4) is 0 Å². The zero-order valence-electron chi connectivity index (χ0n) is 9.84. The first kappa shape index (κ1) is 14.2. The summed E-state index contributed by atoms with van der Waals surface area (Å²) in [6.45, 7) is 2.57. The molecule has 17 heavy (non-hydrogen) atoms. The van der Waals surface area contributed by atoms with Crippen LogP contribution in [-0.4, -0.2) is 33.5 Å². The van der Waals surface area contributed by atoms with Crippen molar-refractivity contribution in [3.05, 3.63) is 29.0 Å². The molecule has 5 heteroatoms. The van der Waals surface area contributed by atoms with Crippen LogP contribution in [0.3, 0.4) is 0 Å². The van der Waals surface area contributed by atoms with Crippen LogP contribution in [0, 0.1) is 5.82 Å². The number of hydrogen-bond donors (Lipinski definition) is 1. The van der Waals surface area contributed by atoms with Crippen molar-refractivity contribution >= 4 is 17.3 Å². The first-order chi connectivity index (χ1) is 8.22. The van der Waals surface area contributed by atoms with Crippen LogP contribution >= 0.6 is 11.6 Å². The van der Waals surface area contributed by atoms with Crippen LogP contribution in [0.1, 0.15) is 6.42 Å². The van der Waals surface area contributed by atoms with Gasteiger partial charge in [-0.2, -0.15) is 0 Å². The van der Waals surface area contributed by atoms with E-state index in [0.717, 1.165) is 6.42 Å². The Morgan fingerprint density at radius 3 is 2.76 bits per heavy atom. The Bertz CT molecular complexity index is 316. The van der Waals surface area contributed by atoms with Gasteiger partial charge in [-0.15, -0.1) is 0 Å². The van der Waals surface area contributed by atoms with Crippen LogP contribution < -0.4 is 5.32 Å². The fourth-order valence-corrected chi connectivity index (χ4v) is 1.53. The molecule has 0 aromatic heterocycles. The summed E-state index contributed by atoms with van der Waals surface area (Å²) < 4.78 is 23.1. The topological polar surface area (TPSA) is 30.5 Å². The minimum Gasteiger partial charge on any atom is -0.385 e. The van der Waals surface area contributed by atoms with E-state index in [9.17, 15) is 4.39 Å². The Morgan fingerprint density at radius 2 is 2.06 bits per heavy atom. The van der Waals surface area contributed by atoms with Crippen molar-refractivity contribution in [2.75, 3.05) is 38.8 Å². The fraction of sp³-hybridized carbons (Fsp3) is 0.500. The molecule has 0 saturated heterocycles. The van der Waals surface area contributed by atoms with E-state index >= 15 is 0 Å². The van der Waals surface area contributed by atoms with Gasteiger partial charge in [0, 0.05) is 31.0 Å². The highest BCUT2D eigenvalue weighted by molar-refractivity contribution is 6.30. The van der Waals surface area contributed by atoms with Gasteiger partial charge in [0.15, 0.2) is 0 Å². The molecule has 0 amide bonds. The third-order valence-corrected chi connectivity index (χ3v) is 2.31. The lowest BCUT2D eigenvalue weighted by atomic mass is 10.3. The van der Waals surface area contributed by atoms with Gasteiger partial charge in [-0.3, -0.25) is 0 Å². The van der Waals surface area contributed by atoms with Crippen LogP contribution in [0.25, 0.3) is 0 Å². The molecule has 0 atom stereocenters. The average molecular weight is 262 g/mol. The van der Waals surface area contributed by atoms with Gasteiger partial charge >= 0.3 is 0 Å². The first-order valence-corrected chi connectivity index (χ1v) is 5.87. The number of halogens is 2. The third-order valence-electron chi connectivity index (χ3n) is 2.09. The van der Waals surface area contributed by atoms with Crippen LogP contribution in [0.15, 0.2) is 18.2 Å².